The van der Waals surface area contributed by atoms with Crippen molar-refractivity contribution in [2.24, 2.45) is 0 Å². The van der Waals surface area contributed by atoms with E-state index in [4.69, 9.17) is 14.7 Å². The van der Waals surface area contributed by atoms with Crippen molar-refractivity contribution in [1.29, 1.82) is 0 Å². The summed E-state index contributed by atoms with van der Waals surface area (Å²) in [7, 11) is 0. The first kappa shape index (κ1) is 24.7. The van der Waals surface area contributed by atoms with Gasteiger partial charge in [0.2, 0.25) is 5.91 Å². The molecule has 7 heteroatoms. The highest BCUT2D eigenvalue weighted by molar-refractivity contribution is 6.13. The first-order valence-corrected chi connectivity index (χ1v) is 13.2. The molecule has 0 radical (unpaired) electrons. The van der Waals surface area contributed by atoms with Crippen molar-refractivity contribution < 1.29 is 14.3 Å². The zero-order valence-corrected chi connectivity index (χ0v) is 21.2. The molecule has 2 aromatic heterocycles. The summed E-state index contributed by atoms with van der Waals surface area (Å²) in [5.41, 5.74) is 3.71. The van der Waals surface area contributed by atoms with Crippen molar-refractivity contribution in [2.45, 2.75) is 57.9 Å². The van der Waals surface area contributed by atoms with Gasteiger partial charge in [0.05, 0.1) is 17.6 Å². The molecule has 5 rings (SSSR count). The Morgan fingerprint density at radius 1 is 1.00 bits per heavy atom. The van der Waals surface area contributed by atoms with Crippen molar-refractivity contribution in [1.82, 2.24) is 14.5 Å². The van der Waals surface area contributed by atoms with Gasteiger partial charge in [-0.05, 0) is 43.0 Å². The van der Waals surface area contributed by atoms with Gasteiger partial charge in [-0.25, -0.2) is 14.8 Å². The maximum atomic E-state index is 13.5. The van der Waals surface area contributed by atoms with Gasteiger partial charge in [-0.15, -0.1) is 0 Å². The number of benzene rings is 2. The van der Waals surface area contributed by atoms with Crippen LogP contribution in [0.2, 0.25) is 0 Å². The van der Waals surface area contributed by atoms with E-state index in [1.807, 2.05) is 66.1 Å². The Balaban J connectivity index is 1.64. The smallest absolute Gasteiger partial charge is 0.344 e. The second kappa shape index (κ2) is 11.4. The topological polar surface area (TPSA) is 86.1 Å². The lowest BCUT2D eigenvalue weighted by Gasteiger charge is -2.26. The number of hydrogen-bond donors (Lipinski definition) is 1. The predicted octanol–water partition coefficient (Wildman–Crippen LogP) is 6.70. The van der Waals surface area contributed by atoms with Crippen LogP contribution in [0.1, 0.15) is 73.8 Å². The van der Waals surface area contributed by atoms with E-state index in [1.165, 1.54) is 12.5 Å². The molecule has 1 aliphatic carbocycles. The molecule has 1 aliphatic rings. The molecule has 4 aromatic rings. The number of unbranched alkanes of at least 4 members (excludes halogenated alkanes) is 1. The molecule has 0 atom stereocenters. The Hall–Kier alpha value is -4.00. The SMILES string of the molecule is CCCCOC(=O)c1c(NC(=O)/C=C/c2ccccc2)n(C2CCCCC2)c2nc3ccccc3nc12. The molecule has 1 amide bonds. The second-order valence-electron chi connectivity index (χ2n) is 9.49. The summed E-state index contributed by atoms with van der Waals surface area (Å²) in [6.07, 6.45) is 10.2. The first-order chi connectivity index (χ1) is 18.2. The molecule has 0 saturated heterocycles. The van der Waals surface area contributed by atoms with Crippen LogP contribution in [0, 0.1) is 0 Å². The van der Waals surface area contributed by atoms with Gasteiger partial charge < -0.3 is 14.6 Å². The summed E-state index contributed by atoms with van der Waals surface area (Å²) >= 11 is 0. The van der Waals surface area contributed by atoms with Crippen molar-refractivity contribution in [2.75, 3.05) is 11.9 Å². The molecule has 7 nitrogen and oxygen atoms in total. The molecule has 1 saturated carbocycles. The normalized spacial score (nSPS) is 14.4. The average Bonchev–Trinajstić information content (AvgIpc) is 3.24. The number of rotatable bonds is 8. The van der Waals surface area contributed by atoms with Gasteiger partial charge in [0.1, 0.15) is 16.9 Å². The number of ether oxygens (including phenoxy) is 1. The zero-order chi connectivity index (χ0) is 25.6. The zero-order valence-electron chi connectivity index (χ0n) is 21.2. The van der Waals surface area contributed by atoms with Crippen LogP contribution in [0.25, 0.3) is 28.3 Å². The molecule has 0 spiro atoms. The quantitative estimate of drug-likeness (QED) is 0.167. The minimum absolute atomic E-state index is 0.109. The molecule has 1 fully saturated rings. The predicted molar refractivity (Wildman–Crippen MR) is 146 cm³/mol. The van der Waals surface area contributed by atoms with Gasteiger partial charge in [0.15, 0.2) is 5.65 Å². The monoisotopic (exact) mass is 496 g/mol. The molecule has 0 unspecified atom stereocenters. The van der Waals surface area contributed by atoms with Crippen molar-refractivity contribution >= 4 is 46.0 Å². The van der Waals surface area contributed by atoms with Crippen LogP contribution in [-0.4, -0.2) is 33.0 Å². The third-order valence-electron chi connectivity index (χ3n) is 6.84. The number of hydrogen-bond acceptors (Lipinski definition) is 5. The third-order valence-corrected chi connectivity index (χ3v) is 6.84. The fourth-order valence-corrected chi connectivity index (χ4v) is 4.95. The summed E-state index contributed by atoms with van der Waals surface area (Å²) in [6, 6.07) is 17.4. The lowest BCUT2D eigenvalue weighted by molar-refractivity contribution is -0.111. The highest BCUT2D eigenvalue weighted by Crippen LogP contribution is 2.38. The fourth-order valence-electron chi connectivity index (χ4n) is 4.95. The second-order valence-corrected chi connectivity index (χ2v) is 9.49. The molecular weight excluding hydrogens is 464 g/mol. The number of para-hydroxylation sites is 2. The van der Waals surface area contributed by atoms with E-state index in [0.29, 0.717) is 29.1 Å². The van der Waals surface area contributed by atoms with Crippen LogP contribution in [0.15, 0.2) is 60.7 Å². The van der Waals surface area contributed by atoms with E-state index in [9.17, 15) is 9.59 Å². The Bertz CT molecular complexity index is 1440. The number of nitrogens with one attached hydrogen (secondary N) is 1. The third kappa shape index (κ3) is 5.40. The Labute approximate surface area is 216 Å². The molecule has 0 aliphatic heterocycles. The summed E-state index contributed by atoms with van der Waals surface area (Å²) in [5.74, 6) is -0.391. The molecule has 2 aromatic carbocycles. The summed E-state index contributed by atoms with van der Waals surface area (Å²) in [4.78, 5) is 36.4. The van der Waals surface area contributed by atoms with E-state index in [2.05, 4.69) is 5.32 Å². The van der Waals surface area contributed by atoms with E-state index in [0.717, 1.165) is 49.6 Å². The number of amides is 1. The van der Waals surface area contributed by atoms with Gasteiger partial charge in [-0.2, -0.15) is 0 Å². The van der Waals surface area contributed by atoms with Crippen molar-refractivity contribution in [3.05, 3.63) is 71.8 Å². The number of anilines is 1. The first-order valence-electron chi connectivity index (χ1n) is 13.2. The molecule has 0 bridgehead atoms. The Morgan fingerprint density at radius 2 is 1.70 bits per heavy atom. The molecule has 37 heavy (non-hydrogen) atoms. The van der Waals surface area contributed by atoms with E-state index in [-0.39, 0.29) is 17.5 Å². The minimum Gasteiger partial charge on any atom is -0.462 e. The maximum absolute atomic E-state index is 13.5. The van der Waals surface area contributed by atoms with Crippen molar-refractivity contribution in [3.8, 4) is 0 Å². The molecule has 190 valence electrons. The van der Waals surface area contributed by atoms with Crippen LogP contribution < -0.4 is 5.32 Å². The van der Waals surface area contributed by atoms with Gasteiger partial charge >= 0.3 is 5.97 Å². The number of carbonyl (C=O) groups is 2. The van der Waals surface area contributed by atoms with E-state index in [1.54, 1.807) is 6.08 Å². The number of esters is 1. The summed E-state index contributed by atoms with van der Waals surface area (Å²) in [5, 5.41) is 3.02. The number of aromatic nitrogens is 3. The highest BCUT2D eigenvalue weighted by Gasteiger charge is 2.31. The van der Waals surface area contributed by atoms with Crippen LogP contribution >= 0.6 is 0 Å². The van der Waals surface area contributed by atoms with Crippen LogP contribution in [0.4, 0.5) is 5.82 Å². The lowest BCUT2D eigenvalue weighted by Crippen LogP contribution is -2.20. The molecular formula is C30H32N4O3. The fraction of sp³-hybridized carbons (Fsp3) is 0.333. The largest absolute Gasteiger partial charge is 0.462 e. The van der Waals surface area contributed by atoms with Crippen molar-refractivity contribution in [3.63, 3.8) is 0 Å². The molecule has 2 heterocycles. The van der Waals surface area contributed by atoms with Gasteiger partial charge in [-0.3, -0.25) is 4.79 Å². The number of carbonyl (C=O) groups excluding carboxylic acids is 2. The highest BCUT2D eigenvalue weighted by atomic mass is 16.5. The average molecular weight is 497 g/mol. The van der Waals surface area contributed by atoms with Crippen LogP contribution in [-0.2, 0) is 9.53 Å². The Morgan fingerprint density at radius 3 is 2.43 bits per heavy atom. The number of nitrogens with zero attached hydrogens (tertiary/aromatic N) is 3. The summed E-state index contributed by atoms with van der Waals surface area (Å²) in [6.45, 7) is 2.36. The summed E-state index contributed by atoms with van der Waals surface area (Å²) < 4.78 is 7.68. The van der Waals surface area contributed by atoms with Gasteiger partial charge in [0, 0.05) is 12.1 Å². The molecule has 1 N–H and O–H groups in total. The lowest BCUT2D eigenvalue weighted by atomic mass is 9.95. The van der Waals surface area contributed by atoms with Gasteiger partial charge in [0.25, 0.3) is 0 Å². The van der Waals surface area contributed by atoms with E-state index < -0.39 is 5.97 Å². The van der Waals surface area contributed by atoms with Crippen LogP contribution in [0.5, 0.6) is 0 Å². The van der Waals surface area contributed by atoms with Gasteiger partial charge in [-0.1, -0.05) is 75.1 Å². The maximum Gasteiger partial charge on any atom is 0.344 e. The standard InChI is InChI=1S/C30H32N4O3/c1-2-3-20-37-30(36)26-27-29(32-24-17-11-10-16-23(24)31-27)34(22-14-8-5-9-15-22)28(26)33-25(35)19-18-21-12-6-4-7-13-21/h4,6-7,10-13,16-19,22H,2-3,5,8-9,14-15,20H2,1H3,(H,33,35)/b19-18+. The van der Waals surface area contributed by atoms with E-state index >= 15 is 0 Å². The minimum atomic E-state index is -0.486. The van der Waals surface area contributed by atoms with Crippen LogP contribution in [0.3, 0.4) is 0 Å². The number of fused-ring (bicyclic) bond motifs is 2. The Kier molecular flexibility index (Phi) is 7.59.